The van der Waals surface area contributed by atoms with Crippen molar-refractivity contribution >= 4 is 57.7 Å². The molecule has 260 valence electrons. The highest BCUT2D eigenvalue weighted by atomic mass is 35.5. The maximum atomic E-state index is 13.2. The Morgan fingerprint density at radius 3 is 2.57 bits per heavy atom. The first-order valence-corrected chi connectivity index (χ1v) is 20.8. The molecule has 5 atom stereocenters. The Hall–Kier alpha value is -1.65. The Kier molecular flexibility index (Phi) is 15.4. The van der Waals surface area contributed by atoms with Gasteiger partial charge in [0.25, 0.3) is 5.91 Å². The van der Waals surface area contributed by atoms with E-state index in [1.165, 1.54) is 41.9 Å². The highest BCUT2D eigenvalue weighted by Crippen LogP contribution is 2.50. The van der Waals surface area contributed by atoms with Crippen molar-refractivity contribution in [3.05, 3.63) is 70.3 Å². The number of nitrogens with one attached hydrogen (secondary N) is 1. The predicted molar refractivity (Wildman–Crippen MR) is 204 cm³/mol. The van der Waals surface area contributed by atoms with E-state index in [1.54, 1.807) is 6.07 Å². The number of hydrogen-bond acceptors (Lipinski definition) is 7. The average Bonchev–Trinajstić information content (AvgIpc) is 3.25. The maximum Gasteiger partial charge on any atom is 0.263 e. The summed E-state index contributed by atoms with van der Waals surface area (Å²) >= 11 is 10.8. The van der Waals surface area contributed by atoms with Crippen LogP contribution in [0.4, 0.5) is 5.69 Å². The minimum atomic E-state index is -1.44. The lowest BCUT2D eigenvalue weighted by Gasteiger charge is -2.46. The molecular formula is C37H53ClN2O4S3. The Bertz CT molecular complexity index is 1370. The largest absolute Gasteiger partial charge is 0.491 e. The van der Waals surface area contributed by atoms with E-state index in [0.29, 0.717) is 34.5 Å². The number of anilines is 1. The van der Waals surface area contributed by atoms with Crippen LogP contribution in [0.1, 0.15) is 87.2 Å². The average molecular weight is 721 g/mol. The molecule has 2 fully saturated rings. The Morgan fingerprint density at radius 1 is 1.15 bits per heavy atom. The first-order valence-electron chi connectivity index (χ1n) is 17.1. The second-order valence-corrected chi connectivity index (χ2v) is 17.8. The van der Waals surface area contributed by atoms with Crippen LogP contribution in [0, 0.1) is 17.8 Å². The number of aliphatic hydroxyl groups excluding tert-OH is 1. The molecule has 0 aromatic heterocycles. The highest BCUT2D eigenvalue weighted by molar-refractivity contribution is 8.17. The molecule has 1 aliphatic carbocycles. The van der Waals surface area contributed by atoms with Crippen LogP contribution in [-0.2, 0) is 17.4 Å². The Balaban J connectivity index is 0.00000245. The SMILES string of the molecule is CC/C=C/C(C1SCCCS1)C1CCC1CN1CC(c2ccc(Cl)cc2CCC)COc2ccc(C(=O)NS(=O)C(C)C)cc21.CO. The van der Waals surface area contributed by atoms with Gasteiger partial charge in [0.15, 0.2) is 0 Å². The minimum Gasteiger partial charge on any atom is -0.491 e. The molecule has 1 saturated carbocycles. The van der Waals surface area contributed by atoms with Gasteiger partial charge >= 0.3 is 0 Å². The number of hydrogen-bond donors (Lipinski definition) is 2. The number of amides is 1. The molecule has 2 aliphatic heterocycles. The number of carbonyl (C=O) groups excluding carboxylic acids is 1. The van der Waals surface area contributed by atoms with Crippen molar-refractivity contribution in [1.29, 1.82) is 0 Å². The molecule has 0 radical (unpaired) electrons. The molecule has 1 saturated heterocycles. The van der Waals surface area contributed by atoms with Gasteiger partial charge in [-0.2, -0.15) is 0 Å². The summed E-state index contributed by atoms with van der Waals surface area (Å²) in [7, 11) is -0.436. The van der Waals surface area contributed by atoms with Crippen molar-refractivity contribution in [2.24, 2.45) is 17.8 Å². The zero-order valence-electron chi connectivity index (χ0n) is 28.6. The molecule has 3 aliphatic rings. The van der Waals surface area contributed by atoms with E-state index in [0.717, 1.165) is 55.9 Å². The van der Waals surface area contributed by atoms with Gasteiger partial charge in [0, 0.05) is 47.9 Å². The third-order valence-electron chi connectivity index (χ3n) is 9.31. The van der Waals surface area contributed by atoms with Crippen LogP contribution < -0.4 is 14.4 Å². The van der Waals surface area contributed by atoms with Crippen LogP contribution in [0.3, 0.4) is 0 Å². The van der Waals surface area contributed by atoms with E-state index in [-0.39, 0.29) is 17.1 Å². The van der Waals surface area contributed by atoms with E-state index in [9.17, 15) is 9.00 Å². The van der Waals surface area contributed by atoms with Crippen LogP contribution in [-0.4, -0.2) is 63.4 Å². The van der Waals surface area contributed by atoms with Crippen LogP contribution in [0.5, 0.6) is 5.75 Å². The van der Waals surface area contributed by atoms with Crippen molar-refractivity contribution in [2.45, 2.75) is 82.0 Å². The third kappa shape index (κ3) is 9.96. The first kappa shape index (κ1) is 38.2. The second-order valence-electron chi connectivity index (χ2n) is 12.8. The Labute approximate surface area is 298 Å². The molecule has 1 amide bonds. The van der Waals surface area contributed by atoms with Crippen molar-refractivity contribution in [1.82, 2.24) is 4.72 Å². The summed E-state index contributed by atoms with van der Waals surface area (Å²) < 4.78 is 22.3. The molecule has 2 heterocycles. The lowest BCUT2D eigenvalue weighted by Crippen LogP contribution is -2.44. The summed E-state index contributed by atoms with van der Waals surface area (Å²) in [5.41, 5.74) is 4.06. The van der Waals surface area contributed by atoms with Gasteiger partial charge in [0.1, 0.15) is 16.7 Å². The summed E-state index contributed by atoms with van der Waals surface area (Å²) in [6.07, 6.45) is 11.8. The van der Waals surface area contributed by atoms with E-state index < -0.39 is 11.0 Å². The molecule has 10 heteroatoms. The lowest BCUT2D eigenvalue weighted by molar-refractivity contribution is 0.0982. The number of thioether (sulfide) groups is 2. The number of carbonyl (C=O) groups is 1. The van der Waals surface area contributed by atoms with E-state index in [1.807, 2.05) is 32.0 Å². The minimum absolute atomic E-state index is 0.155. The number of nitrogens with zero attached hydrogens (tertiary/aromatic N) is 1. The molecule has 5 unspecified atom stereocenters. The quantitative estimate of drug-likeness (QED) is 0.213. The van der Waals surface area contributed by atoms with E-state index >= 15 is 0 Å². The van der Waals surface area contributed by atoms with Gasteiger partial charge in [-0.05, 0) is 111 Å². The molecule has 47 heavy (non-hydrogen) atoms. The van der Waals surface area contributed by atoms with Crippen molar-refractivity contribution in [3.63, 3.8) is 0 Å². The van der Waals surface area contributed by atoms with E-state index in [4.69, 9.17) is 21.4 Å². The van der Waals surface area contributed by atoms with Crippen LogP contribution in [0.25, 0.3) is 0 Å². The number of aryl methyl sites for hydroxylation is 1. The second kappa shape index (κ2) is 18.9. The Morgan fingerprint density at radius 2 is 1.91 bits per heavy atom. The van der Waals surface area contributed by atoms with Gasteiger partial charge in [0.05, 0.1) is 16.9 Å². The topological polar surface area (TPSA) is 78.9 Å². The smallest absolute Gasteiger partial charge is 0.263 e. The number of rotatable bonds is 12. The molecule has 2 N–H and O–H groups in total. The van der Waals surface area contributed by atoms with Crippen LogP contribution in [0.2, 0.25) is 5.02 Å². The van der Waals surface area contributed by atoms with Gasteiger partial charge in [-0.3, -0.25) is 9.52 Å². The van der Waals surface area contributed by atoms with Gasteiger partial charge in [-0.1, -0.05) is 50.1 Å². The highest BCUT2D eigenvalue weighted by Gasteiger charge is 2.42. The standard InChI is InChI=1S/C36H49ClN2O3S3.CH4O/c1-5-7-10-32(36-43-17-8-18-44-36)31-14-11-27(31)21-39-22-28(30-15-13-29(37)19-25(30)9-6-2)23-42-34-16-12-26(20-33(34)39)35(40)38-45(41)24(3)4;1-2/h7,10,12-13,15-16,19-20,24,27-28,31-32,36H,5-6,8-9,11,14,17-18,21-23H2,1-4H3,(H,38,40);2H,1H3/b10-7+;. The van der Waals surface area contributed by atoms with Crippen LogP contribution >= 0.6 is 35.1 Å². The summed E-state index contributed by atoms with van der Waals surface area (Å²) in [4.78, 5) is 15.7. The zero-order chi connectivity index (χ0) is 33.9. The first-order chi connectivity index (χ1) is 22.8. The van der Waals surface area contributed by atoms with Gasteiger partial charge in [-0.25, -0.2) is 4.21 Å². The number of halogens is 1. The van der Waals surface area contributed by atoms with Crippen LogP contribution in [0.15, 0.2) is 48.6 Å². The van der Waals surface area contributed by atoms with Gasteiger partial charge < -0.3 is 14.7 Å². The molecule has 6 nitrogen and oxygen atoms in total. The molecule has 2 aromatic carbocycles. The number of aliphatic hydroxyl groups is 1. The third-order valence-corrected chi connectivity index (χ3v) is 13.9. The molecule has 5 rings (SSSR count). The summed E-state index contributed by atoms with van der Waals surface area (Å²) in [6, 6.07) is 12.0. The number of benzene rings is 2. The van der Waals surface area contributed by atoms with Crippen molar-refractivity contribution in [2.75, 3.05) is 43.2 Å². The number of ether oxygens (including phenoxy) is 1. The zero-order valence-corrected chi connectivity index (χ0v) is 31.8. The van der Waals surface area contributed by atoms with Crippen molar-refractivity contribution < 1.29 is 18.8 Å². The predicted octanol–water partition coefficient (Wildman–Crippen LogP) is 8.49. The summed E-state index contributed by atoms with van der Waals surface area (Å²) in [5, 5.41) is 7.62. The van der Waals surface area contributed by atoms with E-state index in [2.05, 4.69) is 71.3 Å². The van der Waals surface area contributed by atoms with Gasteiger partial charge in [-0.15, -0.1) is 23.5 Å². The fourth-order valence-corrected chi connectivity index (χ4v) is 10.8. The molecular weight excluding hydrogens is 668 g/mol. The number of fused-ring (bicyclic) bond motifs is 1. The molecule has 2 aromatic rings. The fraction of sp³-hybridized carbons (Fsp3) is 0.595. The maximum absolute atomic E-state index is 13.2. The lowest BCUT2D eigenvalue weighted by atomic mass is 9.67. The monoisotopic (exact) mass is 720 g/mol. The summed E-state index contributed by atoms with van der Waals surface area (Å²) in [5.74, 6) is 4.97. The van der Waals surface area contributed by atoms with Crippen molar-refractivity contribution in [3.8, 4) is 5.75 Å². The normalized spacial score (nSPS) is 22.7. The molecule has 0 spiro atoms. The number of allylic oxidation sites excluding steroid dienone is 2. The molecule has 0 bridgehead atoms. The summed E-state index contributed by atoms with van der Waals surface area (Å²) in [6.45, 7) is 10.4. The fourth-order valence-electron chi connectivity index (χ4n) is 6.79. The van der Waals surface area contributed by atoms with Gasteiger partial charge in [0.2, 0.25) is 0 Å².